The SMILES string of the molecule is Cl.N[C@@H](Cc1c[nH]cn1)C(=O)NCCCl. The highest BCUT2D eigenvalue weighted by Crippen LogP contribution is 1.95. The van der Waals surface area contributed by atoms with Gasteiger partial charge in [0.15, 0.2) is 0 Å². The summed E-state index contributed by atoms with van der Waals surface area (Å²) in [7, 11) is 0. The standard InChI is InChI=1S/C8H13ClN4O.ClH/c9-1-2-12-8(14)7(10)3-6-4-11-5-13-6;/h4-5,7H,1-3,10H2,(H,11,13)(H,12,14);1H/t7-;/m0./s1. The molecule has 0 radical (unpaired) electrons. The van der Waals surface area contributed by atoms with Crippen LogP contribution in [0.25, 0.3) is 0 Å². The van der Waals surface area contributed by atoms with Crippen molar-refractivity contribution in [3.63, 3.8) is 0 Å². The number of halogens is 2. The number of hydrogen-bond donors (Lipinski definition) is 3. The Labute approximate surface area is 99.2 Å². The lowest BCUT2D eigenvalue weighted by atomic mass is 10.1. The van der Waals surface area contributed by atoms with Gasteiger partial charge in [-0.1, -0.05) is 0 Å². The minimum absolute atomic E-state index is 0. The van der Waals surface area contributed by atoms with Gasteiger partial charge in [0.25, 0.3) is 0 Å². The second-order valence-electron chi connectivity index (χ2n) is 2.85. The van der Waals surface area contributed by atoms with Crippen LogP contribution in [0.5, 0.6) is 0 Å². The molecule has 7 heteroatoms. The van der Waals surface area contributed by atoms with Crippen molar-refractivity contribution in [3.05, 3.63) is 18.2 Å². The summed E-state index contributed by atoms with van der Waals surface area (Å²) in [6, 6.07) is -0.568. The van der Waals surface area contributed by atoms with Gasteiger partial charge in [-0.05, 0) is 0 Å². The van der Waals surface area contributed by atoms with Crippen molar-refractivity contribution in [3.8, 4) is 0 Å². The Morgan fingerprint density at radius 1 is 1.73 bits per heavy atom. The van der Waals surface area contributed by atoms with E-state index < -0.39 is 6.04 Å². The Bertz CT molecular complexity index is 278. The number of imidazole rings is 1. The zero-order valence-electron chi connectivity index (χ0n) is 8.07. The van der Waals surface area contributed by atoms with Gasteiger partial charge in [0.05, 0.1) is 18.1 Å². The zero-order chi connectivity index (χ0) is 10.4. The molecule has 0 aromatic carbocycles. The lowest BCUT2D eigenvalue weighted by Gasteiger charge is -2.09. The Hall–Kier alpha value is -0.780. The molecule has 1 atom stereocenters. The maximum Gasteiger partial charge on any atom is 0.237 e. The Kier molecular flexibility index (Phi) is 7.11. The summed E-state index contributed by atoms with van der Waals surface area (Å²) in [6.45, 7) is 0.439. The molecule has 0 aliphatic carbocycles. The molecule has 0 unspecified atom stereocenters. The van der Waals surface area contributed by atoms with Gasteiger partial charge in [-0.15, -0.1) is 24.0 Å². The molecule has 1 aromatic rings. The van der Waals surface area contributed by atoms with Crippen LogP contribution in [0.3, 0.4) is 0 Å². The minimum Gasteiger partial charge on any atom is -0.354 e. The number of aromatic amines is 1. The lowest BCUT2D eigenvalue weighted by Crippen LogP contribution is -2.42. The fourth-order valence-electron chi connectivity index (χ4n) is 1.02. The Morgan fingerprint density at radius 2 is 2.47 bits per heavy atom. The van der Waals surface area contributed by atoms with E-state index in [9.17, 15) is 4.79 Å². The Balaban J connectivity index is 0.00000196. The van der Waals surface area contributed by atoms with Gasteiger partial charge in [0.2, 0.25) is 5.91 Å². The first-order valence-corrected chi connectivity index (χ1v) is 4.84. The number of nitrogens with one attached hydrogen (secondary N) is 2. The van der Waals surface area contributed by atoms with Crippen molar-refractivity contribution in [1.82, 2.24) is 15.3 Å². The summed E-state index contributed by atoms with van der Waals surface area (Å²) < 4.78 is 0. The van der Waals surface area contributed by atoms with Crippen LogP contribution in [-0.4, -0.2) is 34.3 Å². The monoisotopic (exact) mass is 252 g/mol. The van der Waals surface area contributed by atoms with E-state index in [4.69, 9.17) is 17.3 Å². The third-order valence-electron chi connectivity index (χ3n) is 1.71. The fraction of sp³-hybridized carbons (Fsp3) is 0.500. The predicted octanol–water partition coefficient (Wildman–Crippen LogP) is 0.0563. The first-order chi connectivity index (χ1) is 6.74. The molecule has 0 fully saturated rings. The van der Waals surface area contributed by atoms with Crippen LogP contribution >= 0.6 is 24.0 Å². The molecule has 86 valence electrons. The van der Waals surface area contributed by atoms with Gasteiger partial charge in [-0.25, -0.2) is 4.98 Å². The van der Waals surface area contributed by atoms with E-state index in [1.54, 1.807) is 12.5 Å². The number of rotatable bonds is 5. The summed E-state index contributed by atoms with van der Waals surface area (Å²) in [5.41, 5.74) is 6.42. The number of hydrogen-bond acceptors (Lipinski definition) is 3. The van der Waals surface area contributed by atoms with Crippen LogP contribution in [0.4, 0.5) is 0 Å². The number of carbonyl (C=O) groups is 1. The van der Waals surface area contributed by atoms with Crippen LogP contribution in [0.2, 0.25) is 0 Å². The molecule has 5 nitrogen and oxygen atoms in total. The normalized spacial score (nSPS) is 11.6. The number of aromatic nitrogens is 2. The number of nitrogens with zero attached hydrogens (tertiary/aromatic N) is 1. The molecule has 0 aliphatic rings. The largest absolute Gasteiger partial charge is 0.354 e. The highest BCUT2D eigenvalue weighted by molar-refractivity contribution is 6.18. The average molecular weight is 253 g/mol. The molecular weight excluding hydrogens is 239 g/mol. The highest BCUT2D eigenvalue weighted by Gasteiger charge is 2.13. The van der Waals surface area contributed by atoms with Crippen molar-refractivity contribution in [2.75, 3.05) is 12.4 Å². The summed E-state index contributed by atoms with van der Waals surface area (Å²) in [6.07, 6.45) is 3.70. The number of carbonyl (C=O) groups excluding carboxylic acids is 1. The highest BCUT2D eigenvalue weighted by atomic mass is 35.5. The molecule has 0 saturated carbocycles. The van der Waals surface area contributed by atoms with Crippen molar-refractivity contribution < 1.29 is 4.79 Å². The van der Waals surface area contributed by atoms with Crippen molar-refractivity contribution in [2.45, 2.75) is 12.5 Å². The number of H-pyrrole nitrogens is 1. The van der Waals surface area contributed by atoms with Crippen LogP contribution in [0.15, 0.2) is 12.5 Å². The van der Waals surface area contributed by atoms with Gasteiger partial charge in [-0.3, -0.25) is 4.79 Å². The predicted molar refractivity (Wildman–Crippen MR) is 61.2 cm³/mol. The van der Waals surface area contributed by atoms with Crippen molar-refractivity contribution >= 4 is 29.9 Å². The lowest BCUT2D eigenvalue weighted by molar-refractivity contribution is -0.122. The molecule has 1 amide bonds. The fourth-order valence-corrected chi connectivity index (χ4v) is 1.12. The molecule has 4 N–H and O–H groups in total. The number of alkyl halides is 1. The van der Waals surface area contributed by atoms with Crippen LogP contribution < -0.4 is 11.1 Å². The van der Waals surface area contributed by atoms with E-state index >= 15 is 0 Å². The first kappa shape index (κ1) is 14.2. The van der Waals surface area contributed by atoms with Crippen LogP contribution in [0, 0.1) is 0 Å². The second-order valence-corrected chi connectivity index (χ2v) is 3.23. The summed E-state index contributed by atoms with van der Waals surface area (Å²) in [5, 5.41) is 2.61. The van der Waals surface area contributed by atoms with Crippen LogP contribution in [0.1, 0.15) is 5.69 Å². The van der Waals surface area contributed by atoms with Gasteiger partial charge in [0, 0.05) is 25.0 Å². The van der Waals surface area contributed by atoms with Crippen molar-refractivity contribution in [2.24, 2.45) is 5.73 Å². The first-order valence-electron chi connectivity index (χ1n) is 4.31. The number of amides is 1. The molecule has 0 bridgehead atoms. The average Bonchev–Trinajstić information content (AvgIpc) is 2.66. The molecule has 0 spiro atoms. The Morgan fingerprint density at radius 3 is 3.00 bits per heavy atom. The molecule has 0 saturated heterocycles. The minimum atomic E-state index is -0.568. The summed E-state index contributed by atoms with van der Waals surface area (Å²) >= 11 is 5.42. The van der Waals surface area contributed by atoms with Gasteiger partial charge >= 0.3 is 0 Å². The maximum absolute atomic E-state index is 11.3. The molecule has 15 heavy (non-hydrogen) atoms. The van der Waals surface area contributed by atoms with E-state index in [0.29, 0.717) is 18.8 Å². The quantitative estimate of drug-likeness (QED) is 0.648. The molecule has 1 aromatic heterocycles. The zero-order valence-corrected chi connectivity index (χ0v) is 9.64. The third kappa shape index (κ3) is 5.01. The maximum atomic E-state index is 11.3. The van der Waals surface area contributed by atoms with Crippen molar-refractivity contribution in [1.29, 1.82) is 0 Å². The number of nitrogens with two attached hydrogens (primary N) is 1. The van der Waals surface area contributed by atoms with E-state index in [2.05, 4.69) is 15.3 Å². The topological polar surface area (TPSA) is 83.8 Å². The summed E-state index contributed by atoms with van der Waals surface area (Å²) in [4.78, 5) is 18.1. The smallest absolute Gasteiger partial charge is 0.237 e. The second kappa shape index (κ2) is 7.50. The van der Waals surface area contributed by atoms with Gasteiger partial charge < -0.3 is 16.0 Å². The van der Waals surface area contributed by atoms with E-state index in [0.717, 1.165) is 5.69 Å². The molecular formula is C8H14Cl2N4O. The van der Waals surface area contributed by atoms with Gasteiger partial charge in [-0.2, -0.15) is 0 Å². The van der Waals surface area contributed by atoms with E-state index in [1.807, 2.05) is 0 Å². The third-order valence-corrected chi connectivity index (χ3v) is 1.90. The summed E-state index contributed by atoms with van der Waals surface area (Å²) in [5.74, 6) is 0.189. The van der Waals surface area contributed by atoms with E-state index in [-0.39, 0.29) is 18.3 Å². The molecule has 0 aliphatic heterocycles. The van der Waals surface area contributed by atoms with Crippen LogP contribution in [-0.2, 0) is 11.2 Å². The molecule has 1 heterocycles. The molecule has 1 rings (SSSR count). The van der Waals surface area contributed by atoms with E-state index in [1.165, 1.54) is 0 Å². The van der Waals surface area contributed by atoms with Gasteiger partial charge in [0.1, 0.15) is 0 Å².